The zero-order valence-electron chi connectivity index (χ0n) is 16.2. The van der Waals surface area contributed by atoms with Crippen LogP contribution in [-0.2, 0) is 16.0 Å². The van der Waals surface area contributed by atoms with Crippen LogP contribution in [0.4, 0.5) is 18.9 Å². The van der Waals surface area contributed by atoms with Gasteiger partial charge in [-0.25, -0.2) is 4.79 Å². The first-order valence-corrected chi connectivity index (χ1v) is 9.07. The lowest BCUT2D eigenvalue weighted by Gasteiger charge is -2.16. The first-order chi connectivity index (χ1) is 14.0. The Labute approximate surface area is 170 Å². The lowest BCUT2D eigenvalue weighted by atomic mass is 10.0. The van der Waals surface area contributed by atoms with Crippen LogP contribution < -0.4 is 9.64 Å². The van der Waals surface area contributed by atoms with Crippen molar-refractivity contribution < 1.29 is 37.0 Å². The molecule has 1 atom stereocenters. The highest BCUT2D eigenvalue weighted by Gasteiger charge is 2.31. The molecule has 6 nitrogen and oxygen atoms in total. The maximum Gasteiger partial charge on any atom is 0.573 e. The predicted molar refractivity (Wildman–Crippen MR) is 101 cm³/mol. The molecule has 2 aromatic rings. The number of carbonyl (C=O) groups excluding carboxylic acids is 3. The highest BCUT2D eigenvalue weighted by atomic mass is 19.4. The van der Waals surface area contributed by atoms with E-state index in [4.69, 9.17) is 4.74 Å². The van der Waals surface area contributed by atoms with Gasteiger partial charge in [-0.1, -0.05) is 0 Å². The Morgan fingerprint density at radius 1 is 1.03 bits per heavy atom. The fraction of sp³-hybridized carbons (Fsp3) is 0.286. The van der Waals surface area contributed by atoms with Crippen molar-refractivity contribution in [2.75, 3.05) is 11.4 Å². The Morgan fingerprint density at radius 2 is 1.67 bits per heavy atom. The summed E-state index contributed by atoms with van der Waals surface area (Å²) in [5, 5.41) is 0. The molecule has 0 saturated carbocycles. The Kier molecular flexibility index (Phi) is 5.82. The number of anilines is 1. The van der Waals surface area contributed by atoms with Crippen molar-refractivity contribution in [1.82, 2.24) is 0 Å². The van der Waals surface area contributed by atoms with E-state index in [-0.39, 0.29) is 11.5 Å². The van der Waals surface area contributed by atoms with E-state index >= 15 is 0 Å². The van der Waals surface area contributed by atoms with E-state index in [1.807, 2.05) is 0 Å². The van der Waals surface area contributed by atoms with Crippen LogP contribution in [0.25, 0.3) is 0 Å². The van der Waals surface area contributed by atoms with Crippen LogP contribution in [0.15, 0.2) is 42.5 Å². The van der Waals surface area contributed by atoms with Crippen LogP contribution in [0.1, 0.15) is 40.1 Å². The Bertz CT molecular complexity index is 985. The van der Waals surface area contributed by atoms with Gasteiger partial charge in [0.2, 0.25) is 11.7 Å². The highest BCUT2D eigenvalue weighted by molar-refractivity contribution is 6.02. The Morgan fingerprint density at radius 3 is 2.27 bits per heavy atom. The van der Waals surface area contributed by atoms with Gasteiger partial charge >= 0.3 is 12.3 Å². The van der Waals surface area contributed by atoms with Crippen molar-refractivity contribution in [2.45, 2.75) is 32.7 Å². The van der Waals surface area contributed by atoms with Crippen LogP contribution in [-0.4, -0.2) is 36.7 Å². The van der Waals surface area contributed by atoms with E-state index in [9.17, 15) is 27.6 Å². The lowest BCUT2D eigenvalue weighted by Crippen LogP contribution is -2.26. The zero-order valence-corrected chi connectivity index (χ0v) is 16.2. The lowest BCUT2D eigenvalue weighted by molar-refractivity contribution is -0.274. The molecule has 0 fully saturated rings. The first kappa shape index (κ1) is 21.4. The fourth-order valence-electron chi connectivity index (χ4n) is 3.19. The van der Waals surface area contributed by atoms with Gasteiger partial charge in [-0.05, 0) is 61.4 Å². The third-order valence-electron chi connectivity index (χ3n) is 4.62. The number of ketones is 1. The Balaban J connectivity index is 1.66. The summed E-state index contributed by atoms with van der Waals surface area (Å²) in [4.78, 5) is 38.1. The number of alkyl halides is 3. The summed E-state index contributed by atoms with van der Waals surface area (Å²) in [6.07, 6.45) is -5.32. The Hall–Kier alpha value is -3.36. The molecule has 0 N–H and O–H groups in total. The van der Waals surface area contributed by atoms with Crippen molar-refractivity contribution in [3.8, 4) is 5.75 Å². The molecule has 9 heteroatoms. The van der Waals surface area contributed by atoms with E-state index < -0.39 is 30.0 Å². The second-order valence-corrected chi connectivity index (χ2v) is 6.75. The van der Waals surface area contributed by atoms with Gasteiger partial charge in [-0.15, -0.1) is 13.2 Å². The van der Waals surface area contributed by atoms with Gasteiger partial charge in [-0.2, -0.15) is 0 Å². The zero-order chi connectivity index (χ0) is 22.1. The maximum absolute atomic E-state index is 12.6. The summed E-state index contributed by atoms with van der Waals surface area (Å²) in [6.45, 7) is 3.43. The molecule has 0 spiro atoms. The summed E-state index contributed by atoms with van der Waals surface area (Å²) >= 11 is 0. The number of rotatable bonds is 5. The molecule has 1 aliphatic rings. The largest absolute Gasteiger partial charge is 0.573 e. The second kappa shape index (κ2) is 8.17. The minimum absolute atomic E-state index is 0.0183. The number of Topliss-reactive ketones (excluding diaryl/α,β-unsaturated/α-hetero) is 1. The minimum atomic E-state index is -4.83. The quantitative estimate of drug-likeness (QED) is 0.541. The molecule has 30 heavy (non-hydrogen) atoms. The van der Waals surface area contributed by atoms with E-state index in [1.54, 1.807) is 23.1 Å². The van der Waals surface area contributed by atoms with Crippen LogP contribution in [0.5, 0.6) is 5.75 Å². The van der Waals surface area contributed by atoms with Gasteiger partial charge in [0.1, 0.15) is 5.75 Å². The fourth-order valence-corrected chi connectivity index (χ4v) is 3.19. The normalized spacial score (nSPS) is 14.1. The molecule has 0 aliphatic carbocycles. The summed E-state index contributed by atoms with van der Waals surface area (Å²) in [7, 11) is 0. The molecular formula is C21H18F3NO5. The monoisotopic (exact) mass is 421 g/mol. The van der Waals surface area contributed by atoms with Gasteiger partial charge in [0.25, 0.3) is 0 Å². The first-order valence-electron chi connectivity index (χ1n) is 9.07. The molecule has 2 aromatic carbocycles. The summed E-state index contributed by atoms with van der Waals surface area (Å²) in [6, 6.07) is 9.13. The molecule has 1 heterocycles. The van der Waals surface area contributed by atoms with E-state index in [1.165, 1.54) is 13.8 Å². The van der Waals surface area contributed by atoms with Crippen LogP contribution >= 0.6 is 0 Å². The number of fused-ring (bicyclic) bond motifs is 1. The molecule has 158 valence electrons. The summed E-state index contributed by atoms with van der Waals surface area (Å²) < 4.78 is 45.5. The molecule has 0 aromatic heterocycles. The second-order valence-electron chi connectivity index (χ2n) is 6.75. The number of nitrogens with zero attached hydrogens (tertiary/aromatic N) is 1. The van der Waals surface area contributed by atoms with Gasteiger partial charge in [0, 0.05) is 24.7 Å². The number of hydrogen-bond donors (Lipinski definition) is 0. The number of ether oxygens (including phenoxy) is 2. The van der Waals surface area contributed by atoms with Gasteiger partial charge in [0.15, 0.2) is 6.10 Å². The van der Waals surface area contributed by atoms with E-state index in [0.717, 1.165) is 35.5 Å². The van der Waals surface area contributed by atoms with Gasteiger partial charge in [-0.3, -0.25) is 9.59 Å². The molecular weight excluding hydrogens is 403 g/mol. The average molecular weight is 421 g/mol. The average Bonchev–Trinajstić information content (AvgIpc) is 3.10. The number of carbonyl (C=O) groups is 3. The number of hydrogen-bond acceptors (Lipinski definition) is 5. The van der Waals surface area contributed by atoms with Crippen molar-refractivity contribution >= 4 is 23.3 Å². The SMILES string of the molecule is CC(=O)N1CCc2cc(C(=O)C(C)OC(=O)c3ccc(OC(F)(F)F)cc3)ccc21. The molecule has 0 saturated heterocycles. The molecule has 1 aliphatic heterocycles. The van der Waals surface area contributed by atoms with Crippen LogP contribution in [0.3, 0.4) is 0 Å². The number of benzene rings is 2. The van der Waals surface area contributed by atoms with E-state index in [0.29, 0.717) is 18.5 Å². The van der Waals surface area contributed by atoms with Gasteiger partial charge in [0.05, 0.1) is 5.56 Å². The third kappa shape index (κ3) is 4.79. The van der Waals surface area contributed by atoms with Crippen LogP contribution in [0, 0.1) is 0 Å². The maximum atomic E-state index is 12.6. The summed E-state index contributed by atoms with van der Waals surface area (Å²) in [5.41, 5.74) is 1.93. The molecule has 0 radical (unpaired) electrons. The van der Waals surface area contributed by atoms with Crippen molar-refractivity contribution in [2.24, 2.45) is 0 Å². The smallest absolute Gasteiger partial charge is 0.451 e. The summed E-state index contributed by atoms with van der Waals surface area (Å²) in [5.74, 6) is -1.83. The van der Waals surface area contributed by atoms with Crippen molar-refractivity contribution in [1.29, 1.82) is 0 Å². The predicted octanol–water partition coefficient (Wildman–Crippen LogP) is 3.92. The minimum Gasteiger partial charge on any atom is -0.451 e. The third-order valence-corrected chi connectivity index (χ3v) is 4.62. The molecule has 1 amide bonds. The van der Waals surface area contributed by atoms with Crippen LogP contribution in [0.2, 0.25) is 0 Å². The van der Waals surface area contributed by atoms with Crippen molar-refractivity contribution in [3.05, 3.63) is 59.2 Å². The molecule has 3 rings (SSSR count). The number of amides is 1. The molecule has 0 bridgehead atoms. The standard InChI is InChI=1S/C21H18F3NO5/c1-12(29-20(28)14-3-6-17(7-4-14)30-21(22,23)24)19(27)16-5-8-18-15(11-16)9-10-25(18)13(2)26/h3-8,11-12H,9-10H2,1-2H3. The highest BCUT2D eigenvalue weighted by Crippen LogP contribution is 2.29. The topological polar surface area (TPSA) is 72.9 Å². The number of esters is 1. The number of halogens is 3. The van der Waals surface area contributed by atoms with Crippen molar-refractivity contribution in [3.63, 3.8) is 0 Å². The van der Waals surface area contributed by atoms with Gasteiger partial charge < -0.3 is 14.4 Å². The van der Waals surface area contributed by atoms with E-state index in [2.05, 4.69) is 4.74 Å². The molecule has 1 unspecified atom stereocenters.